The maximum Gasteiger partial charge on any atom is 0.196 e. The van der Waals surface area contributed by atoms with E-state index in [0.717, 1.165) is 11.4 Å². The van der Waals surface area contributed by atoms with Crippen molar-refractivity contribution in [3.8, 4) is 5.75 Å². The quantitative estimate of drug-likeness (QED) is 0.319. The third kappa shape index (κ3) is 3.72. The number of nitrogens with zero attached hydrogens (tertiary/aromatic N) is 1. The topological polar surface area (TPSA) is 102 Å². The third-order valence-electron chi connectivity index (χ3n) is 5.47. The third-order valence-corrected chi connectivity index (χ3v) is 5.47. The predicted molar refractivity (Wildman–Crippen MR) is 126 cm³/mol. The minimum absolute atomic E-state index is 0.0132. The number of quaternary nitrogens is 1. The van der Waals surface area contributed by atoms with Gasteiger partial charge in [0.1, 0.15) is 18.0 Å². The fourth-order valence-corrected chi connectivity index (χ4v) is 3.81. The number of aliphatic hydroxyl groups excluding tert-OH is 1. The van der Waals surface area contributed by atoms with Gasteiger partial charge in [0.25, 0.3) is 0 Å². The van der Waals surface area contributed by atoms with Gasteiger partial charge in [-0.05, 0) is 12.1 Å². The Balaban J connectivity index is 1.85. The molecule has 0 spiro atoms. The monoisotopic (exact) mass is 432 g/mol. The first-order valence-electron chi connectivity index (χ1n) is 10.3. The van der Waals surface area contributed by atoms with Gasteiger partial charge in [0, 0.05) is 35.0 Å². The molecule has 0 aliphatic heterocycles. The average Bonchev–Trinajstić information content (AvgIpc) is 2.77. The van der Waals surface area contributed by atoms with Crippen molar-refractivity contribution in [3.05, 3.63) is 76.9 Å². The molecule has 0 aromatic heterocycles. The van der Waals surface area contributed by atoms with Crippen molar-refractivity contribution in [1.82, 2.24) is 4.48 Å². The second-order valence-corrected chi connectivity index (χ2v) is 8.55. The molecular formula is C25H26N3O4+. The highest BCUT2D eigenvalue weighted by atomic mass is 16.5. The minimum Gasteiger partial charge on any atom is -0.489 e. The number of carbonyl (C=O) groups is 2. The molecule has 32 heavy (non-hydrogen) atoms. The lowest BCUT2D eigenvalue weighted by atomic mass is 9.82. The van der Waals surface area contributed by atoms with Crippen molar-refractivity contribution in [2.75, 3.05) is 45.4 Å². The molecule has 1 aliphatic carbocycles. The van der Waals surface area contributed by atoms with Gasteiger partial charge in [0.15, 0.2) is 11.6 Å². The number of anilines is 3. The van der Waals surface area contributed by atoms with E-state index in [-0.39, 0.29) is 47.3 Å². The van der Waals surface area contributed by atoms with Crippen LogP contribution < -0.4 is 20.3 Å². The molecule has 0 saturated carbocycles. The summed E-state index contributed by atoms with van der Waals surface area (Å²) in [5, 5.41) is 12.4. The number of fused-ring (bicyclic) bond motifs is 2. The fourth-order valence-electron chi connectivity index (χ4n) is 3.81. The van der Waals surface area contributed by atoms with Crippen LogP contribution >= 0.6 is 0 Å². The van der Waals surface area contributed by atoms with Gasteiger partial charge < -0.3 is 20.9 Å². The zero-order valence-corrected chi connectivity index (χ0v) is 18.3. The summed E-state index contributed by atoms with van der Waals surface area (Å²) in [7, 11) is 6.22. The van der Waals surface area contributed by atoms with E-state index in [4.69, 9.17) is 10.5 Å². The predicted octanol–water partition coefficient (Wildman–Crippen LogP) is 3.36. The van der Waals surface area contributed by atoms with Gasteiger partial charge in [0.2, 0.25) is 0 Å². The van der Waals surface area contributed by atoms with E-state index in [1.807, 2.05) is 24.3 Å². The second-order valence-electron chi connectivity index (χ2n) is 8.55. The van der Waals surface area contributed by atoms with Gasteiger partial charge in [-0.2, -0.15) is 0 Å². The molecule has 0 amide bonds. The molecule has 0 fully saturated rings. The largest absolute Gasteiger partial charge is 0.489 e. The highest BCUT2D eigenvalue weighted by molar-refractivity contribution is 6.32. The molecule has 7 nitrogen and oxygen atoms in total. The Morgan fingerprint density at radius 1 is 0.938 bits per heavy atom. The van der Waals surface area contributed by atoms with Crippen LogP contribution in [0.25, 0.3) is 0 Å². The smallest absolute Gasteiger partial charge is 0.196 e. The molecular weight excluding hydrogens is 406 g/mol. The Labute approximate surface area is 186 Å². The van der Waals surface area contributed by atoms with Crippen LogP contribution in [0.1, 0.15) is 31.8 Å². The highest BCUT2D eigenvalue weighted by Crippen LogP contribution is 2.41. The van der Waals surface area contributed by atoms with Crippen molar-refractivity contribution in [1.29, 1.82) is 0 Å². The number of carbonyl (C=O) groups excluding carboxylic acids is 2. The number of hydrogen-bond acceptors (Lipinski definition) is 6. The van der Waals surface area contributed by atoms with Crippen LogP contribution in [0, 0.1) is 0 Å². The zero-order valence-electron chi connectivity index (χ0n) is 18.3. The van der Waals surface area contributed by atoms with Gasteiger partial charge >= 0.3 is 0 Å². The first kappa shape index (κ1) is 21.5. The van der Waals surface area contributed by atoms with E-state index in [1.54, 1.807) is 30.3 Å². The molecule has 3 aromatic carbocycles. The summed E-state index contributed by atoms with van der Waals surface area (Å²) in [6.45, 7) is -0.194. The molecule has 3 aromatic rings. The van der Waals surface area contributed by atoms with Crippen LogP contribution in [0.5, 0.6) is 5.75 Å². The van der Waals surface area contributed by atoms with Gasteiger partial charge in [-0.25, -0.2) is 0 Å². The van der Waals surface area contributed by atoms with E-state index >= 15 is 0 Å². The van der Waals surface area contributed by atoms with Crippen molar-refractivity contribution in [2.45, 2.75) is 0 Å². The first-order valence-corrected chi connectivity index (χ1v) is 10.3. The fraction of sp³-hybridized carbons (Fsp3) is 0.200. The Morgan fingerprint density at radius 2 is 1.53 bits per heavy atom. The summed E-state index contributed by atoms with van der Waals surface area (Å²) in [6.07, 6.45) is 0. The number of aliphatic hydroxyl groups is 1. The molecule has 0 heterocycles. The standard InChI is InChI=1S/C25H25N3O4/c1-28(2,3)16-10-8-15(9-11-16)27-19-14-20(32-13-12-29)23(26)22-21(19)24(30)17-6-4-5-7-18(17)25(22)31/h4-11,14,29H,12-13H2,1-3H3,(H2-,26,27,30,31)/p+1. The molecule has 0 saturated heterocycles. The molecule has 0 bridgehead atoms. The lowest BCUT2D eigenvalue weighted by molar-refractivity contribution is 0.0980. The summed E-state index contributed by atoms with van der Waals surface area (Å²) < 4.78 is 6.25. The molecule has 0 unspecified atom stereocenters. The molecule has 4 rings (SSSR count). The van der Waals surface area contributed by atoms with Gasteiger partial charge in [-0.1, -0.05) is 24.3 Å². The summed E-state index contributed by atoms with van der Waals surface area (Å²) in [5.41, 5.74) is 9.65. The van der Waals surface area contributed by atoms with E-state index < -0.39 is 0 Å². The molecule has 0 radical (unpaired) electrons. The zero-order chi connectivity index (χ0) is 23.0. The number of nitrogens with one attached hydrogen (secondary N) is 1. The second kappa shape index (κ2) is 8.11. The van der Waals surface area contributed by atoms with Crippen LogP contribution in [0.3, 0.4) is 0 Å². The molecule has 7 heteroatoms. The maximum absolute atomic E-state index is 13.4. The van der Waals surface area contributed by atoms with E-state index in [9.17, 15) is 14.7 Å². The highest BCUT2D eigenvalue weighted by Gasteiger charge is 2.35. The van der Waals surface area contributed by atoms with E-state index in [2.05, 4.69) is 26.5 Å². The molecule has 0 atom stereocenters. The number of rotatable bonds is 6. The number of hydrogen-bond donors (Lipinski definition) is 3. The van der Waals surface area contributed by atoms with Gasteiger partial charge in [-0.15, -0.1) is 0 Å². The molecule has 164 valence electrons. The molecule has 4 N–H and O–H groups in total. The number of ketones is 2. The number of benzene rings is 3. The first-order chi connectivity index (χ1) is 15.2. The van der Waals surface area contributed by atoms with Crippen molar-refractivity contribution < 1.29 is 19.4 Å². The summed E-state index contributed by atoms with van der Waals surface area (Å²) in [5.74, 6) is -0.365. The van der Waals surface area contributed by atoms with Crippen molar-refractivity contribution in [2.24, 2.45) is 0 Å². The average molecular weight is 433 g/mol. The van der Waals surface area contributed by atoms with Crippen molar-refractivity contribution in [3.63, 3.8) is 0 Å². The van der Waals surface area contributed by atoms with Crippen LogP contribution in [0.2, 0.25) is 0 Å². The SMILES string of the molecule is C[N+](C)(C)c1ccc(Nc2cc(OCCO)c(N)c3c2C(=O)c2ccccc2C3=O)cc1. The number of ether oxygens (including phenoxy) is 1. The minimum atomic E-state index is -0.328. The Morgan fingerprint density at radius 3 is 2.09 bits per heavy atom. The Kier molecular flexibility index (Phi) is 5.46. The number of nitrogen functional groups attached to an aromatic ring is 1. The Hall–Kier alpha value is -3.68. The van der Waals surface area contributed by atoms with Crippen molar-refractivity contribution >= 4 is 34.3 Å². The summed E-state index contributed by atoms with van der Waals surface area (Å²) in [4.78, 5) is 26.7. The van der Waals surface area contributed by atoms with E-state index in [0.29, 0.717) is 21.3 Å². The Bertz CT molecular complexity index is 1210. The lowest BCUT2D eigenvalue weighted by Gasteiger charge is -2.25. The normalized spacial score (nSPS) is 12.9. The summed E-state index contributed by atoms with van der Waals surface area (Å²) in [6, 6.07) is 16.1. The lowest BCUT2D eigenvalue weighted by Crippen LogP contribution is -2.34. The van der Waals surface area contributed by atoms with Crippen LogP contribution in [-0.2, 0) is 0 Å². The summed E-state index contributed by atoms with van der Waals surface area (Å²) >= 11 is 0. The van der Waals surface area contributed by atoms with Crippen LogP contribution in [0.4, 0.5) is 22.7 Å². The maximum atomic E-state index is 13.4. The van der Waals surface area contributed by atoms with Gasteiger partial charge in [-0.3, -0.25) is 14.1 Å². The number of nitrogens with two attached hydrogens (primary N) is 1. The van der Waals surface area contributed by atoms with Gasteiger partial charge in [0.05, 0.1) is 50.3 Å². The van der Waals surface area contributed by atoms with E-state index in [1.165, 1.54) is 0 Å². The molecule has 1 aliphatic rings. The van der Waals surface area contributed by atoms with Crippen LogP contribution in [-0.4, -0.2) is 51.0 Å². The van der Waals surface area contributed by atoms with Crippen LogP contribution in [0.15, 0.2) is 54.6 Å².